The second-order valence-electron chi connectivity index (χ2n) is 12.1. The third-order valence-electron chi connectivity index (χ3n) is 8.80. The first-order chi connectivity index (χ1) is 20.0. The predicted molar refractivity (Wildman–Crippen MR) is 165 cm³/mol. The highest BCUT2D eigenvalue weighted by atomic mass is 16.5. The Labute approximate surface area is 253 Å². The molecule has 1 saturated heterocycles. The Kier molecular flexibility index (Phi) is 14.9. The summed E-state index contributed by atoms with van der Waals surface area (Å²) < 4.78 is 17.4. The number of carbonyl (C=O) groups excluding carboxylic acids is 3. The number of amides is 3. The molecule has 238 valence electrons. The lowest BCUT2D eigenvalue weighted by molar-refractivity contribution is -0.146. The van der Waals surface area contributed by atoms with Gasteiger partial charge in [0.05, 0.1) is 42.7 Å². The molecule has 0 spiro atoms. The van der Waals surface area contributed by atoms with E-state index in [-0.39, 0.29) is 54.2 Å². The second-order valence-corrected chi connectivity index (χ2v) is 12.1. The highest BCUT2D eigenvalue weighted by molar-refractivity contribution is 5.80. The Morgan fingerprint density at radius 2 is 1.67 bits per heavy atom. The van der Waals surface area contributed by atoms with Crippen molar-refractivity contribution in [3.05, 3.63) is 35.9 Å². The third-order valence-corrected chi connectivity index (χ3v) is 8.80. The minimum absolute atomic E-state index is 0.0412. The number of carbonyl (C=O) groups is 3. The quantitative estimate of drug-likeness (QED) is 0.288. The van der Waals surface area contributed by atoms with Crippen LogP contribution in [-0.4, -0.2) is 93.3 Å². The largest absolute Gasteiger partial charge is 0.379 e. The molecule has 0 aliphatic carbocycles. The van der Waals surface area contributed by atoms with E-state index in [0.29, 0.717) is 19.5 Å². The maximum Gasteiger partial charge on any atom is 0.225 e. The normalized spacial score (nSPS) is 19.6. The van der Waals surface area contributed by atoms with Crippen molar-refractivity contribution in [1.29, 1.82) is 0 Å². The molecule has 1 aromatic rings. The molecule has 0 radical (unpaired) electrons. The van der Waals surface area contributed by atoms with Crippen molar-refractivity contribution in [2.45, 2.75) is 97.1 Å². The summed E-state index contributed by atoms with van der Waals surface area (Å²) in [6.07, 6.45) is 1.89. The highest BCUT2D eigenvalue weighted by Crippen LogP contribution is 2.29. The van der Waals surface area contributed by atoms with Crippen molar-refractivity contribution in [2.75, 3.05) is 41.5 Å². The minimum atomic E-state index is -0.479. The number of nitrogens with zero attached hydrogens (tertiary/aromatic N) is 2. The highest BCUT2D eigenvalue weighted by Gasteiger charge is 2.42. The topological polar surface area (TPSA) is 97.4 Å². The summed E-state index contributed by atoms with van der Waals surface area (Å²) in [5.74, 6) is -0.204. The van der Waals surface area contributed by atoms with E-state index in [4.69, 9.17) is 14.2 Å². The van der Waals surface area contributed by atoms with Crippen molar-refractivity contribution in [1.82, 2.24) is 15.1 Å². The van der Waals surface area contributed by atoms with Crippen LogP contribution < -0.4 is 5.32 Å². The van der Waals surface area contributed by atoms with Gasteiger partial charge in [-0.2, -0.15) is 0 Å². The molecule has 1 N–H and O–H groups in total. The average Bonchev–Trinajstić information content (AvgIpc) is 3.46. The second kappa shape index (κ2) is 17.6. The SMILES string of the molecule is CC[C@H](C)C(C(CC(=O)N1CCCC1C(OC)C(C)C(=O)NC[C@@H](OC)c1ccccc1)OC)N(C)C(=O)CC(C)C. The Morgan fingerprint density at radius 3 is 2.21 bits per heavy atom. The zero-order valence-electron chi connectivity index (χ0n) is 27.3. The molecule has 1 aliphatic heterocycles. The summed E-state index contributed by atoms with van der Waals surface area (Å²) in [5, 5.41) is 3.02. The van der Waals surface area contributed by atoms with Crippen LogP contribution in [0, 0.1) is 17.8 Å². The van der Waals surface area contributed by atoms with Gasteiger partial charge in [0.25, 0.3) is 0 Å². The van der Waals surface area contributed by atoms with E-state index < -0.39 is 18.1 Å². The molecule has 1 heterocycles. The van der Waals surface area contributed by atoms with Gasteiger partial charge in [0.1, 0.15) is 0 Å². The summed E-state index contributed by atoms with van der Waals surface area (Å²) in [5.41, 5.74) is 0.990. The van der Waals surface area contributed by atoms with Crippen LogP contribution in [0.4, 0.5) is 0 Å². The molecular formula is C33H55N3O6. The standard InChI is InChI=1S/C33H55N3O6/c1-10-23(4)31(35(6)29(37)19-22(2)3)27(40-7)20-30(38)36-18-14-17-26(36)32(42-9)24(5)33(39)34-21-28(41-8)25-15-12-11-13-16-25/h11-13,15-16,22-24,26-28,31-32H,10,14,17-21H2,1-9H3,(H,34,39)/t23-,24?,26?,27?,28+,31?,32?/m0/s1. The number of hydrogen-bond donors (Lipinski definition) is 1. The number of rotatable bonds is 17. The molecule has 9 heteroatoms. The van der Waals surface area contributed by atoms with E-state index in [1.165, 1.54) is 0 Å². The minimum Gasteiger partial charge on any atom is -0.379 e. The van der Waals surface area contributed by atoms with Crippen LogP contribution in [0.2, 0.25) is 0 Å². The molecule has 0 saturated carbocycles. The summed E-state index contributed by atoms with van der Waals surface area (Å²) in [4.78, 5) is 43.7. The Morgan fingerprint density at radius 1 is 1.00 bits per heavy atom. The number of ether oxygens (including phenoxy) is 3. The first-order valence-electron chi connectivity index (χ1n) is 15.5. The molecule has 5 unspecified atom stereocenters. The molecule has 9 nitrogen and oxygen atoms in total. The van der Waals surface area contributed by atoms with Crippen LogP contribution in [-0.2, 0) is 28.6 Å². The van der Waals surface area contributed by atoms with Crippen molar-refractivity contribution < 1.29 is 28.6 Å². The molecule has 42 heavy (non-hydrogen) atoms. The van der Waals surface area contributed by atoms with E-state index >= 15 is 0 Å². The first-order valence-corrected chi connectivity index (χ1v) is 15.5. The number of nitrogens with one attached hydrogen (secondary N) is 1. The van der Waals surface area contributed by atoms with Gasteiger partial charge in [0.2, 0.25) is 17.7 Å². The number of likely N-dealkylation sites (tertiary alicyclic amines) is 1. The average molecular weight is 590 g/mol. The fourth-order valence-electron chi connectivity index (χ4n) is 6.18. The van der Waals surface area contributed by atoms with E-state index in [1.807, 2.05) is 63.1 Å². The van der Waals surface area contributed by atoms with Gasteiger partial charge in [-0.1, -0.05) is 71.4 Å². The first kappa shape index (κ1) is 35.7. The lowest BCUT2D eigenvalue weighted by Gasteiger charge is -2.39. The van der Waals surface area contributed by atoms with E-state index in [0.717, 1.165) is 24.8 Å². The maximum atomic E-state index is 13.8. The monoisotopic (exact) mass is 589 g/mol. The lowest BCUT2D eigenvalue weighted by atomic mass is 9.90. The molecule has 0 bridgehead atoms. The summed E-state index contributed by atoms with van der Waals surface area (Å²) in [7, 11) is 6.67. The van der Waals surface area contributed by atoms with Gasteiger partial charge in [-0.15, -0.1) is 0 Å². The Balaban J connectivity index is 2.13. The van der Waals surface area contributed by atoms with Crippen LogP contribution >= 0.6 is 0 Å². The van der Waals surface area contributed by atoms with Crippen molar-refractivity contribution in [3.63, 3.8) is 0 Å². The van der Waals surface area contributed by atoms with Gasteiger partial charge < -0.3 is 29.3 Å². The summed E-state index contributed by atoms with van der Waals surface area (Å²) >= 11 is 0. The lowest BCUT2D eigenvalue weighted by Crippen LogP contribution is -2.53. The van der Waals surface area contributed by atoms with Gasteiger partial charge in [0, 0.05) is 47.9 Å². The van der Waals surface area contributed by atoms with Gasteiger partial charge >= 0.3 is 0 Å². The fourth-order valence-corrected chi connectivity index (χ4v) is 6.18. The van der Waals surface area contributed by atoms with Crippen molar-refractivity contribution in [2.24, 2.45) is 17.8 Å². The number of methoxy groups -OCH3 is 3. The molecule has 2 rings (SSSR count). The number of hydrogen-bond acceptors (Lipinski definition) is 6. The third kappa shape index (κ3) is 9.51. The molecule has 1 aliphatic rings. The molecule has 7 atom stereocenters. The van der Waals surface area contributed by atoms with Crippen LogP contribution in [0.15, 0.2) is 30.3 Å². The molecule has 1 aromatic carbocycles. The maximum absolute atomic E-state index is 13.8. The van der Waals surface area contributed by atoms with E-state index in [9.17, 15) is 14.4 Å². The van der Waals surface area contributed by atoms with Gasteiger partial charge in [0.15, 0.2) is 0 Å². The summed E-state index contributed by atoms with van der Waals surface area (Å²) in [6.45, 7) is 11.0. The van der Waals surface area contributed by atoms with Crippen molar-refractivity contribution >= 4 is 17.7 Å². The predicted octanol–water partition coefficient (Wildman–Crippen LogP) is 4.46. The van der Waals surface area contributed by atoms with Gasteiger partial charge in [-0.05, 0) is 30.2 Å². The van der Waals surface area contributed by atoms with Crippen LogP contribution in [0.3, 0.4) is 0 Å². The Bertz CT molecular complexity index is 974. The zero-order valence-corrected chi connectivity index (χ0v) is 27.3. The smallest absolute Gasteiger partial charge is 0.225 e. The van der Waals surface area contributed by atoms with Crippen LogP contribution in [0.5, 0.6) is 0 Å². The molecular weight excluding hydrogens is 534 g/mol. The van der Waals surface area contributed by atoms with E-state index in [2.05, 4.69) is 19.2 Å². The van der Waals surface area contributed by atoms with Crippen LogP contribution in [0.1, 0.15) is 78.4 Å². The summed E-state index contributed by atoms with van der Waals surface area (Å²) in [6, 6.07) is 9.33. The van der Waals surface area contributed by atoms with Gasteiger partial charge in [-0.3, -0.25) is 14.4 Å². The van der Waals surface area contributed by atoms with Crippen LogP contribution in [0.25, 0.3) is 0 Å². The fraction of sp³-hybridized carbons (Fsp3) is 0.727. The molecule has 0 aromatic heterocycles. The van der Waals surface area contributed by atoms with Gasteiger partial charge in [-0.25, -0.2) is 0 Å². The number of benzene rings is 1. The van der Waals surface area contributed by atoms with E-state index in [1.54, 1.807) is 26.2 Å². The Hall–Kier alpha value is -2.49. The molecule has 1 fully saturated rings. The number of likely N-dealkylation sites (N-methyl/N-ethyl adjacent to an activating group) is 1. The zero-order chi connectivity index (χ0) is 31.4. The van der Waals surface area contributed by atoms with Crippen molar-refractivity contribution in [3.8, 4) is 0 Å². The molecule has 3 amide bonds.